The molecule has 0 spiro atoms. The van der Waals surface area contributed by atoms with Gasteiger partial charge < -0.3 is 15.4 Å². The van der Waals surface area contributed by atoms with Gasteiger partial charge in [0.25, 0.3) is 5.91 Å². The molecule has 0 saturated heterocycles. The van der Waals surface area contributed by atoms with Gasteiger partial charge >= 0.3 is 0 Å². The number of hydrogen-bond acceptors (Lipinski definition) is 4. The van der Waals surface area contributed by atoms with Gasteiger partial charge in [0, 0.05) is 11.4 Å². The minimum Gasteiger partial charge on any atom is -0.497 e. The molecular formula is C28H28N4O2. The Hall–Kier alpha value is -4.06. The number of benzene rings is 3. The molecule has 1 atom stereocenters. The Morgan fingerprint density at radius 1 is 1.03 bits per heavy atom. The number of carbonyl (C=O) groups is 1. The number of nitrogens with zero attached hydrogens (tertiary/aromatic N) is 2. The number of anilines is 2. The van der Waals surface area contributed by atoms with Crippen LogP contribution in [0.1, 0.15) is 43.9 Å². The Balaban J connectivity index is 1.61. The first-order chi connectivity index (χ1) is 16.5. The van der Waals surface area contributed by atoms with Crippen LogP contribution in [-0.4, -0.2) is 22.6 Å². The summed E-state index contributed by atoms with van der Waals surface area (Å²) in [5.41, 5.74) is 6.31. The lowest BCUT2D eigenvalue weighted by atomic mass is 9.92. The highest BCUT2D eigenvalue weighted by molar-refractivity contribution is 6.06. The molecule has 1 aliphatic heterocycles. The van der Waals surface area contributed by atoms with Gasteiger partial charge in [-0.3, -0.25) is 9.36 Å². The van der Waals surface area contributed by atoms with Crippen molar-refractivity contribution in [1.29, 1.82) is 0 Å². The van der Waals surface area contributed by atoms with Crippen molar-refractivity contribution in [3.8, 4) is 5.75 Å². The molecule has 2 N–H and O–H groups in total. The van der Waals surface area contributed by atoms with E-state index >= 15 is 0 Å². The molecule has 6 heteroatoms. The van der Waals surface area contributed by atoms with E-state index < -0.39 is 0 Å². The molecule has 3 aromatic carbocycles. The van der Waals surface area contributed by atoms with E-state index in [-0.39, 0.29) is 11.9 Å². The monoisotopic (exact) mass is 452 g/mol. The molecule has 6 nitrogen and oxygen atoms in total. The van der Waals surface area contributed by atoms with Crippen molar-refractivity contribution in [1.82, 2.24) is 9.55 Å². The number of carbonyl (C=O) groups excluding carboxylic acids is 1. The molecule has 5 rings (SSSR count). The van der Waals surface area contributed by atoms with Crippen molar-refractivity contribution in [2.75, 3.05) is 17.7 Å². The summed E-state index contributed by atoms with van der Waals surface area (Å²) < 4.78 is 7.36. The molecule has 1 amide bonds. The number of allylic oxidation sites excluding steroid dienone is 1. The summed E-state index contributed by atoms with van der Waals surface area (Å²) >= 11 is 0. The largest absolute Gasteiger partial charge is 0.497 e. The van der Waals surface area contributed by atoms with Gasteiger partial charge in [0.05, 0.1) is 29.8 Å². The SMILES string of the molecule is COc1ccc(NC(=O)C2=C(C)Nc3nc4ccccc4n3C2c2ccc(C(C)C)cc2)cc1. The highest BCUT2D eigenvalue weighted by Crippen LogP contribution is 2.39. The highest BCUT2D eigenvalue weighted by Gasteiger charge is 2.34. The fraction of sp³-hybridized carbons (Fsp3) is 0.214. The molecule has 34 heavy (non-hydrogen) atoms. The third kappa shape index (κ3) is 3.81. The molecule has 0 saturated carbocycles. The number of nitrogens with one attached hydrogen (secondary N) is 2. The number of methoxy groups -OCH3 is 1. The summed E-state index contributed by atoms with van der Waals surface area (Å²) in [5, 5.41) is 6.43. The van der Waals surface area contributed by atoms with Gasteiger partial charge in [0.15, 0.2) is 0 Å². The van der Waals surface area contributed by atoms with Gasteiger partial charge in [-0.1, -0.05) is 50.2 Å². The van der Waals surface area contributed by atoms with Crippen LogP contribution in [0.3, 0.4) is 0 Å². The summed E-state index contributed by atoms with van der Waals surface area (Å²) in [4.78, 5) is 18.5. The second kappa shape index (κ2) is 8.71. The Morgan fingerprint density at radius 2 is 1.74 bits per heavy atom. The van der Waals surface area contributed by atoms with Crippen LogP contribution in [0.15, 0.2) is 84.1 Å². The Bertz CT molecular complexity index is 1380. The Kier molecular flexibility index (Phi) is 5.57. The number of para-hydroxylation sites is 2. The molecule has 1 unspecified atom stereocenters. The van der Waals surface area contributed by atoms with E-state index in [2.05, 4.69) is 53.3 Å². The lowest BCUT2D eigenvalue weighted by molar-refractivity contribution is -0.113. The van der Waals surface area contributed by atoms with E-state index in [4.69, 9.17) is 9.72 Å². The minimum atomic E-state index is -0.317. The zero-order chi connectivity index (χ0) is 23.8. The van der Waals surface area contributed by atoms with Gasteiger partial charge in [-0.25, -0.2) is 4.98 Å². The number of amides is 1. The topological polar surface area (TPSA) is 68.2 Å². The van der Waals surface area contributed by atoms with Crippen LogP contribution in [0.5, 0.6) is 5.75 Å². The molecule has 172 valence electrons. The molecule has 2 heterocycles. The van der Waals surface area contributed by atoms with E-state index in [1.54, 1.807) is 7.11 Å². The maximum absolute atomic E-state index is 13.7. The van der Waals surface area contributed by atoms with Gasteiger partial charge in [-0.05, 0) is 60.4 Å². The van der Waals surface area contributed by atoms with Crippen LogP contribution in [0.2, 0.25) is 0 Å². The quantitative estimate of drug-likeness (QED) is 0.384. The first-order valence-corrected chi connectivity index (χ1v) is 11.5. The van der Waals surface area contributed by atoms with Crippen LogP contribution in [0.4, 0.5) is 11.6 Å². The standard InChI is InChI=1S/C28H28N4O2/c1-17(2)19-9-11-20(12-10-19)26-25(27(33)30-21-13-15-22(34-4)16-14-21)18(3)29-28-31-23-7-5-6-8-24(23)32(26)28/h5-17,26H,1-4H3,(H,29,31)(H,30,33). The fourth-order valence-electron chi connectivity index (χ4n) is 4.51. The predicted octanol–water partition coefficient (Wildman–Crippen LogP) is 6.10. The summed E-state index contributed by atoms with van der Waals surface area (Å²) in [5.74, 6) is 1.75. The smallest absolute Gasteiger partial charge is 0.255 e. The fourth-order valence-corrected chi connectivity index (χ4v) is 4.51. The summed E-state index contributed by atoms with van der Waals surface area (Å²) in [6, 6.07) is 23.6. The second-order valence-corrected chi connectivity index (χ2v) is 8.86. The van der Waals surface area contributed by atoms with E-state index in [0.717, 1.165) is 34.0 Å². The highest BCUT2D eigenvalue weighted by atomic mass is 16.5. The average Bonchev–Trinajstić information content (AvgIpc) is 3.21. The van der Waals surface area contributed by atoms with Gasteiger partial charge in [-0.15, -0.1) is 0 Å². The van der Waals surface area contributed by atoms with Crippen LogP contribution in [0, 0.1) is 0 Å². The Labute approximate surface area is 199 Å². The van der Waals surface area contributed by atoms with Crippen LogP contribution < -0.4 is 15.4 Å². The number of rotatable bonds is 5. The number of hydrogen-bond donors (Lipinski definition) is 2. The van der Waals surface area contributed by atoms with E-state index in [9.17, 15) is 4.79 Å². The zero-order valence-electron chi connectivity index (χ0n) is 19.8. The van der Waals surface area contributed by atoms with Crippen molar-refractivity contribution >= 4 is 28.6 Å². The Morgan fingerprint density at radius 3 is 2.41 bits per heavy atom. The average molecular weight is 453 g/mol. The first-order valence-electron chi connectivity index (χ1n) is 11.5. The number of imidazole rings is 1. The van der Waals surface area contributed by atoms with Crippen LogP contribution in [0.25, 0.3) is 11.0 Å². The number of fused-ring (bicyclic) bond motifs is 3. The third-order valence-electron chi connectivity index (χ3n) is 6.34. The van der Waals surface area contributed by atoms with Crippen molar-refractivity contribution < 1.29 is 9.53 Å². The van der Waals surface area contributed by atoms with Gasteiger partial charge in [-0.2, -0.15) is 0 Å². The van der Waals surface area contributed by atoms with Crippen LogP contribution >= 0.6 is 0 Å². The molecule has 1 aromatic heterocycles. The van der Waals surface area contributed by atoms with Gasteiger partial charge in [0.1, 0.15) is 5.75 Å². The minimum absolute atomic E-state index is 0.156. The molecule has 4 aromatic rings. The van der Waals surface area contributed by atoms with E-state index in [1.165, 1.54) is 5.56 Å². The summed E-state index contributed by atoms with van der Waals surface area (Å²) in [6.45, 7) is 6.29. The van der Waals surface area contributed by atoms with E-state index in [1.807, 2.05) is 55.5 Å². The van der Waals surface area contributed by atoms with Crippen molar-refractivity contribution in [2.24, 2.45) is 0 Å². The normalized spacial score (nSPS) is 15.3. The number of ether oxygens (including phenoxy) is 1. The maximum Gasteiger partial charge on any atom is 0.255 e. The van der Waals surface area contributed by atoms with Crippen molar-refractivity contribution in [2.45, 2.75) is 32.7 Å². The number of aromatic nitrogens is 2. The summed E-state index contributed by atoms with van der Waals surface area (Å²) in [7, 11) is 1.62. The first kappa shape index (κ1) is 21.8. The summed E-state index contributed by atoms with van der Waals surface area (Å²) in [6.07, 6.45) is 0. The molecular weight excluding hydrogens is 424 g/mol. The zero-order valence-corrected chi connectivity index (χ0v) is 19.8. The van der Waals surface area contributed by atoms with Crippen LogP contribution in [-0.2, 0) is 4.79 Å². The predicted molar refractivity (Wildman–Crippen MR) is 136 cm³/mol. The molecule has 0 fully saturated rings. The lowest BCUT2D eigenvalue weighted by Gasteiger charge is -2.31. The molecule has 0 aliphatic carbocycles. The van der Waals surface area contributed by atoms with Crippen molar-refractivity contribution in [3.63, 3.8) is 0 Å². The molecule has 0 bridgehead atoms. The lowest BCUT2D eigenvalue weighted by Crippen LogP contribution is -2.30. The third-order valence-corrected chi connectivity index (χ3v) is 6.34. The molecule has 0 radical (unpaired) electrons. The van der Waals surface area contributed by atoms with Crippen molar-refractivity contribution in [3.05, 3.63) is 95.2 Å². The van der Waals surface area contributed by atoms with E-state index in [0.29, 0.717) is 17.2 Å². The second-order valence-electron chi connectivity index (χ2n) is 8.86. The maximum atomic E-state index is 13.7. The van der Waals surface area contributed by atoms with Gasteiger partial charge in [0.2, 0.25) is 5.95 Å². The molecule has 1 aliphatic rings.